The second-order valence-electron chi connectivity index (χ2n) is 12.9. The maximum atomic E-state index is 13.9. The summed E-state index contributed by atoms with van der Waals surface area (Å²) in [4.78, 5) is 62.0. The maximum absolute atomic E-state index is 13.9. The van der Waals surface area contributed by atoms with Gasteiger partial charge in [0.05, 0.1) is 39.5 Å². The number of nitrogens with zero attached hydrogens (tertiary/aromatic N) is 5. The third-order valence-electron chi connectivity index (χ3n) is 8.95. The number of fused-ring (bicyclic) bond motifs is 3. The number of benzene rings is 3. The zero-order valence-electron chi connectivity index (χ0n) is 29.5. The fraction of sp³-hybridized carbons (Fsp3) is 0.368. The zero-order chi connectivity index (χ0) is 36.6. The minimum atomic E-state index is -0.562. The highest BCUT2D eigenvalue weighted by molar-refractivity contribution is 5.99. The molecule has 1 aromatic heterocycles. The molecule has 1 atom stereocenters. The van der Waals surface area contributed by atoms with Gasteiger partial charge in [-0.05, 0) is 48.4 Å². The molecule has 272 valence electrons. The smallest absolute Gasteiger partial charge is 0.254 e. The van der Waals surface area contributed by atoms with Crippen LogP contribution >= 0.6 is 0 Å². The Labute approximate surface area is 302 Å². The van der Waals surface area contributed by atoms with E-state index in [2.05, 4.69) is 10.6 Å². The Kier molecular flexibility index (Phi) is 11.4. The minimum Gasteiger partial charge on any atom is -0.493 e. The molecule has 2 aliphatic heterocycles. The van der Waals surface area contributed by atoms with E-state index in [1.165, 1.54) is 12.0 Å². The number of carbonyl (C=O) groups is 4. The Morgan fingerprint density at radius 2 is 1.54 bits per heavy atom. The van der Waals surface area contributed by atoms with Crippen molar-refractivity contribution in [2.45, 2.75) is 26.4 Å². The van der Waals surface area contributed by atoms with Crippen molar-refractivity contribution >= 4 is 23.6 Å². The van der Waals surface area contributed by atoms with Crippen LogP contribution in [-0.4, -0.2) is 108 Å². The van der Waals surface area contributed by atoms with Crippen molar-refractivity contribution in [1.29, 1.82) is 0 Å². The summed E-state index contributed by atoms with van der Waals surface area (Å²) in [5.41, 5.74) is 1.90. The Morgan fingerprint density at radius 3 is 2.21 bits per heavy atom. The monoisotopic (exact) mass is 709 g/mol. The summed E-state index contributed by atoms with van der Waals surface area (Å²) in [6.45, 7) is 6.16. The SMILES string of the molecule is COc1ccc2cc1OCCn1nc(-c3ccccc3)nc1[C@@H](C(C)C)NC(=O)CN(C(=O)c1ccc(C(=O)N3CCOCC3)cc1)CCNC2=O. The molecule has 2 aliphatic rings. The molecule has 2 N–H and O–H groups in total. The molecule has 14 heteroatoms. The van der Waals surface area contributed by atoms with E-state index < -0.39 is 17.9 Å². The van der Waals surface area contributed by atoms with Gasteiger partial charge in [0.15, 0.2) is 23.1 Å². The summed E-state index contributed by atoms with van der Waals surface area (Å²) in [6, 6.07) is 20.3. The van der Waals surface area contributed by atoms with Crippen LogP contribution in [0, 0.1) is 5.92 Å². The van der Waals surface area contributed by atoms with E-state index in [4.69, 9.17) is 24.3 Å². The van der Waals surface area contributed by atoms with E-state index in [9.17, 15) is 19.2 Å². The standard InChI is InChI=1S/C38H43N7O7/c1-25(2)33-35-41-34(26-7-5-4-6-8-26)42-45(35)19-22-52-31-23-29(13-14-30(31)50-3)36(47)39-15-16-44(24-32(46)40-33)38(49)28-11-9-27(10-12-28)37(48)43-17-20-51-21-18-43/h4-14,23,25,33H,15-22,24H2,1-3H3,(H,39,47)(H,40,46)/t33-/m1/s1. The van der Waals surface area contributed by atoms with Gasteiger partial charge in [0, 0.05) is 48.4 Å². The van der Waals surface area contributed by atoms with Gasteiger partial charge >= 0.3 is 0 Å². The molecule has 14 nitrogen and oxygen atoms in total. The molecule has 52 heavy (non-hydrogen) atoms. The van der Waals surface area contributed by atoms with Gasteiger partial charge in [0.1, 0.15) is 6.61 Å². The van der Waals surface area contributed by atoms with Crippen LogP contribution in [0.15, 0.2) is 72.8 Å². The molecule has 3 aromatic carbocycles. The minimum absolute atomic E-state index is 0.0344. The Morgan fingerprint density at radius 1 is 0.846 bits per heavy atom. The molecule has 3 heterocycles. The van der Waals surface area contributed by atoms with Gasteiger partial charge in [0.25, 0.3) is 17.7 Å². The van der Waals surface area contributed by atoms with Crippen LogP contribution in [-0.2, 0) is 16.1 Å². The molecule has 2 bridgehead atoms. The third-order valence-corrected chi connectivity index (χ3v) is 8.95. The van der Waals surface area contributed by atoms with Gasteiger partial charge in [-0.3, -0.25) is 19.2 Å². The first-order valence-electron chi connectivity index (χ1n) is 17.4. The molecule has 0 radical (unpaired) electrons. The van der Waals surface area contributed by atoms with Crippen molar-refractivity contribution in [3.63, 3.8) is 0 Å². The first kappa shape index (κ1) is 36.0. The Balaban J connectivity index is 1.31. The Bertz CT molecular complexity index is 1890. The molecule has 1 fully saturated rings. The topological polar surface area (TPSA) is 157 Å². The lowest BCUT2D eigenvalue weighted by Gasteiger charge is -2.27. The van der Waals surface area contributed by atoms with Crippen LogP contribution in [0.25, 0.3) is 11.4 Å². The molecule has 0 aliphatic carbocycles. The average Bonchev–Trinajstić information content (AvgIpc) is 3.59. The molecule has 4 amide bonds. The number of nitrogens with one attached hydrogen (secondary N) is 2. The fourth-order valence-electron chi connectivity index (χ4n) is 6.10. The van der Waals surface area contributed by atoms with Crippen molar-refractivity contribution in [3.05, 3.63) is 95.3 Å². The maximum Gasteiger partial charge on any atom is 0.254 e. The summed E-state index contributed by atoms with van der Waals surface area (Å²) in [6.07, 6.45) is 0. The van der Waals surface area contributed by atoms with Crippen molar-refractivity contribution in [2.24, 2.45) is 5.92 Å². The number of methoxy groups -OCH3 is 1. The summed E-state index contributed by atoms with van der Waals surface area (Å²) in [5, 5.41) is 10.7. The average molecular weight is 710 g/mol. The fourth-order valence-corrected chi connectivity index (χ4v) is 6.10. The van der Waals surface area contributed by atoms with Crippen LogP contribution in [0.5, 0.6) is 11.5 Å². The van der Waals surface area contributed by atoms with Crippen molar-refractivity contribution in [1.82, 2.24) is 35.2 Å². The van der Waals surface area contributed by atoms with Crippen molar-refractivity contribution in [3.8, 4) is 22.9 Å². The van der Waals surface area contributed by atoms with Gasteiger partial charge in [-0.15, -0.1) is 0 Å². The van der Waals surface area contributed by atoms with Gasteiger partial charge < -0.3 is 34.6 Å². The van der Waals surface area contributed by atoms with Gasteiger partial charge in [0.2, 0.25) is 5.91 Å². The lowest BCUT2D eigenvalue weighted by Crippen LogP contribution is -2.46. The van der Waals surface area contributed by atoms with E-state index in [0.717, 1.165) is 5.56 Å². The van der Waals surface area contributed by atoms with E-state index >= 15 is 0 Å². The molecule has 0 unspecified atom stereocenters. The molecular formula is C38H43N7O7. The van der Waals surface area contributed by atoms with Crippen LogP contribution in [0.3, 0.4) is 0 Å². The lowest BCUT2D eigenvalue weighted by atomic mass is 10.0. The van der Waals surface area contributed by atoms with Gasteiger partial charge in [-0.25, -0.2) is 9.67 Å². The van der Waals surface area contributed by atoms with E-state index in [1.54, 1.807) is 52.0 Å². The predicted molar refractivity (Wildman–Crippen MR) is 191 cm³/mol. The van der Waals surface area contributed by atoms with Crippen molar-refractivity contribution in [2.75, 3.05) is 59.7 Å². The molecule has 0 saturated carbocycles. The number of morpholine rings is 1. The quantitative estimate of drug-likeness (QED) is 0.318. The predicted octanol–water partition coefficient (Wildman–Crippen LogP) is 3.20. The molecule has 4 aromatic rings. The first-order valence-corrected chi connectivity index (χ1v) is 17.4. The lowest BCUT2D eigenvalue weighted by molar-refractivity contribution is -0.123. The summed E-state index contributed by atoms with van der Waals surface area (Å²) in [7, 11) is 1.52. The highest BCUT2D eigenvalue weighted by Crippen LogP contribution is 2.29. The normalized spacial score (nSPS) is 17.3. The summed E-state index contributed by atoms with van der Waals surface area (Å²) >= 11 is 0. The highest BCUT2D eigenvalue weighted by Gasteiger charge is 2.28. The summed E-state index contributed by atoms with van der Waals surface area (Å²) < 4.78 is 18.7. The highest BCUT2D eigenvalue weighted by atomic mass is 16.5. The molecule has 0 spiro atoms. The Hall–Kier alpha value is -5.76. The number of ether oxygens (including phenoxy) is 3. The largest absolute Gasteiger partial charge is 0.493 e. The molecular weight excluding hydrogens is 666 g/mol. The number of aromatic nitrogens is 3. The van der Waals surface area contributed by atoms with E-state index in [1.807, 2.05) is 44.2 Å². The van der Waals surface area contributed by atoms with Gasteiger partial charge in [-0.1, -0.05) is 44.2 Å². The van der Waals surface area contributed by atoms with Crippen molar-refractivity contribution < 1.29 is 33.4 Å². The van der Waals surface area contributed by atoms with Crippen LogP contribution < -0.4 is 20.1 Å². The molecule has 1 saturated heterocycles. The molecule has 6 rings (SSSR count). The van der Waals surface area contributed by atoms with E-state index in [-0.39, 0.29) is 50.5 Å². The van der Waals surface area contributed by atoms with Crippen LogP contribution in [0.4, 0.5) is 0 Å². The zero-order valence-corrected chi connectivity index (χ0v) is 29.5. The van der Waals surface area contributed by atoms with Crippen LogP contribution in [0.2, 0.25) is 0 Å². The summed E-state index contributed by atoms with van der Waals surface area (Å²) in [5.74, 6) is 0.403. The number of hydrogen-bond acceptors (Lipinski definition) is 9. The number of amides is 4. The second-order valence-corrected chi connectivity index (χ2v) is 12.9. The second kappa shape index (κ2) is 16.5. The number of carbonyl (C=O) groups excluding carboxylic acids is 4. The van der Waals surface area contributed by atoms with Gasteiger partial charge in [-0.2, -0.15) is 5.10 Å². The van der Waals surface area contributed by atoms with Crippen LogP contribution in [0.1, 0.15) is 56.8 Å². The number of rotatable bonds is 5. The third kappa shape index (κ3) is 8.40. The van der Waals surface area contributed by atoms with E-state index in [0.29, 0.717) is 66.1 Å². The number of hydrogen-bond donors (Lipinski definition) is 2. The first-order chi connectivity index (χ1) is 25.2.